The summed E-state index contributed by atoms with van der Waals surface area (Å²) in [4.78, 5) is 0. The zero-order chi connectivity index (χ0) is 10.7. The first-order chi connectivity index (χ1) is 7.29. The molecule has 1 fully saturated rings. The Kier molecular flexibility index (Phi) is 3.11. The highest BCUT2D eigenvalue weighted by atomic mass is 16.3. The molecule has 0 saturated heterocycles. The third-order valence-corrected chi connectivity index (χ3v) is 3.79. The van der Waals surface area contributed by atoms with Crippen LogP contribution >= 0.6 is 0 Å². The number of hydrogen-bond donors (Lipinski definition) is 1. The molecular weight excluding hydrogens is 184 g/mol. The molecule has 1 atom stereocenters. The summed E-state index contributed by atoms with van der Waals surface area (Å²) in [7, 11) is 0. The minimum atomic E-state index is -0.154. The SMILES string of the molecule is CCCC(O)C1(c2ccccc2)CCC1. The number of rotatable bonds is 4. The Balaban J connectivity index is 2.22. The van der Waals surface area contributed by atoms with Gasteiger partial charge in [0.25, 0.3) is 0 Å². The maximum absolute atomic E-state index is 10.3. The van der Waals surface area contributed by atoms with Gasteiger partial charge in [-0.05, 0) is 24.8 Å². The quantitative estimate of drug-likeness (QED) is 0.798. The third-order valence-electron chi connectivity index (χ3n) is 3.79. The fourth-order valence-corrected chi connectivity index (χ4v) is 2.69. The van der Waals surface area contributed by atoms with Crippen molar-refractivity contribution < 1.29 is 5.11 Å². The average Bonchev–Trinajstić information content (AvgIpc) is 2.18. The van der Waals surface area contributed by atoms with Gasteiger partial charge in [-0.3, -0.25) is 0 Å². The highest BCUT2D eigenvalue weighted by molar-refractivity contribution is 5.29. The fourth-order valence-electron chi connectivity index (χ4n) is 2.69. The van der Waals surface area contributed by atoms with Gasteiger partial charge in [-0.25, -0.2) is 0 Å². The van der Waals surface area contributed by atoms with Gasteiger partial charge in [0.1, 0.15) is 0 Å². The Morgan fingerprint density at radius 2 is 1.93 bits per heavy atom. The molecule has 2 rings (SSSR count). The Hall–Kier alpha value is -0.820. The Morgan fingerprint density at radius 1 is 1.27 bits per heavy atom. The van der Waals surface area contributed by atoms with Gasteiger partial charge < -0.3 is 5.11 Å². The van der Waals surface area contributed by atoms with Crippen LogP contribution in [0.25, 0.3) is 0 Å². The normalized spacial score (nSPS) is 20.7. The van der Waals surface area contributed by atoms with Crippen molar-refractivity contribution in [2.24, 2.45) is 0 Å². The fraction of sp³-hybridized carbons (Fsp3) is 0.571. The monoisotopic (exact) mass is 204 g/mol. The second-order valence-corrected chi connectivity index (χ2v) is 4.68. The molecule has 0 amide bonds. The van der Waals surface area contributed by atoms with E-state index >= 15 is 0 Å². The summed E-state index contributed by atoms with van der Waals surface area (Å²) in [6.07, 6.45) is 5.40. The number of aliphatic hydroxyl groups excluding tert-OH is 1. The average molecular weight is 204 g/mol. The van der Waals surface area contributed by atoms with Gasteiger partial charge in [0, 0.05) is 5.41 Å². The number of benzene rings is 1. The summed E-state index contributed by atoms with van der Waals surface area (Å²) in [5.41, 5.74) is 1.41. The molecule has 0 radical (unpaired) electrons. The van der Waals surface area contributed by atoms with Crippen molar-refractivity contribution in [3.05, 3.63) is 35.9 Å². The van der Waals surface area contributed by atoms with E-state index in [0.29, 0.717) is 0 Å². The maximum Gasteiger partial charge on any atom is 0.0636 e. The van der Waals surface area contributed by atoms with Crippen molar-refractivity contribution in [1.29, 1.82) is 0 Å². The second-order valence-electron chi connectivity index (χ2n) is 4.68. The van der Waals surface area contributed by atoms with E-state index in [9.17, 15) is 5.11 Å². The third kappa shape index (κ3) is 1.81. The predicted molar refractivity (Wildman–Crippen MR) is 62.9 cm³/mol. The molecule has 0 spiro atoms. The Morgan fingerprint density at radius 3 is 2.40 bits per heavy atom. The second kappa shape index (κ2) is 4.36. The minimum Gasteiger partial charge on any atom is -0.392 e. The Labute approximate surface area is 92.1 Å². The molecule has 0 aliphatic heterocycles. The zero-order valence-corrected chi connectivity index (χ0v) is 9.45. The summed E-state index contributed by atoms with van der Waals surface area (Å²) in [6.45, 7) is 2.14. The van der Waals surface area contributed by atoms with E-state index in [1.54, 1.807) is 0 Å². The molecule has 82 valence electrons. The lowest BCUT2D eigenvalue weighted by atomic mass is 9.60. The van der Waals surface area contributed by atoms with Crippen LogP contribution in [0.1, 0.15) is 44.6 Å². The zero-order valence-electron chi connectivity index (χ0n) is 9.45. The summed E-state index contributed by atoms with van der Waals surface area (Å²) in [5, 5.41) is 10.3. The maximum atomic E-state index is 10.3. The van der Waals surface area contributed by atoms with Gasteiger partial charge >= 0.3 is 0 Å². The van der Waals surface area contributed by atoms with E-state index in [1.807, 2.05) is 6.07 Å². The Bertz CT molecular complexity index is 300. The molecule has 1 aromatic carbocycles. The predicted octanol–water partition coefficient (Wildman–Crippen LogP) is 3.27. The molecule has 1 aliphatic rings. The van der Waals surface area contributed by atoms with Crippen molar-refractivity contribution in [3.8, 4) is 0 Å². The van der Waals surface area contributed by atoms with Crippen LogP contribution in [0.15, 0.2) is 30.3 Å². The van der Waals surface area contributed by atoms with Crippen molar-refractivity contribution >= 4 is 0 Å². The molecule has 0 heterocycles. The van der Waals surface area contributed by atoms with E-state index in [0.717, 1.165) is 25.7 Å². The summed E-state index contributed by atoms with van der Waals surface area (Å²) in [6, 6.07) is 10.5. The molecule has 0 bridgehead atoms. The molecule has 1 nitrogen and oxygen atoms in total. The van der Waals surface area contributed by atoms with Gasteiger partial charge in [0.05, 0.1) is 6.10 Å². The minimum absolute atomic E-state index is 0.0806. The molecule has 1 aliphatic carbocycles. The lowest BCUT2D eigenvalue weighted by Crippen LogP contribution is -2.45. The lowest BCUT2D eigenvalue weighted by molar-refractivity contribution is 0.0218. The molecule has 1 unspecified atom stereocenters. The standard InChI is InChI=1S/C14H20O/c1-2-7-13(15)14(10-6-11-14)12-8-4-3-5-9-12/h3-5,8-9,13,15H,2,6-7,10-11H2,1H3. The van der Waals surface area contributed by atoms with Gasteiger partial charge in [-0.2, -0.15) is 0 Å². The first-order valence-corrected chi connectivity index (χ1v) is 6.03. The van der Waals surface area contributed by atoms with Crippen LogP contribution in [0.4, 0.5) is 0 Å². The number of hydrogen-bond acceptors (Lipinski definition) is 1. The van der Waals surface area contributed by atoms with Crippen molar-refractivity contribution in [3.63, 3.8) is 0 Å². The first-order valence-electron chi connectivity index (χ1n) is 6.03. The summed E-state index contributed by atoms with van der Waals surface area (Å²) in [5.74, 6) is 0. The molecule has 1 aromatic rings. The summed E-state index contributed by atoms with van der Waals surface area (Å²) < 4.78 is 0. The van der Waals surface area contributed by atoms with E-state index in [-0.39, 0.29) is 11.5 Å². The van der Waals surface area contributed by atoms with Crippen molar-refractivity contribution in [1.82, 2.24) is 0 Å². The molecule has 1 N–H and O–H groups in total. The lowest BCUT2D eigenvalue weighted by Gasteiger charge is -2.46. The highest BCUT2D eigenvalue weighted by Gasteiger charge is 2.44. The van der Waals surface area contributed by atoms with Crippen molar-refractivity contribution in [2.45, 2.75) is 50.5 Å². The molecule has 15 heavy (non-hydrogen) atoms. The molecule has 1 heteroatoms. The van der Waals surface area contributed by atoms with E-state index in [4.69, 9.17) is 0 Å². The topological polar surface area (TPSA) is 20.2 Å². The van der Waals surface area contributed by atoms with Crippen LogP contribution in [-0.4, -0.2) is 11.2 Å². The van der Waals surface area contributed by atoms with Gasteiger partial charge in [0.2, 0.25) is 0 Å². The first kappa shape index (κ1) is 10.7. The molecule has 1 saturated carbocycles. The van der Waals surface area contributed by atoms with E-state index < -0.39 is 0 Å². The van der Waals surface area contributed by atoms with Gasteiger partial charge in [-0.1, -0.05) is 50.1 Å². The van der Waals surface area contributed by atoms with Crippen LogP contribution in [0.2, 0.25) is 0 Å². The van der Waals surface area contributed by atoms with Crippen LogP contribution in [0.5, 0.6) is 0 Å². The van der Waals surface area contributed by atoms with Crippen LogP contribution < -0.4 is 0 Å². The van der Waals surface area contributed by atoms with Crippen LogP contribution in [0.3, 0.4) is 0 Å². The van der Waals surface area contributed by atoms with E-state index in [1.165, 1.54) is 12.0 Å². The van der Waals surface area contributed by atoms with Crippen LogP contribution in [-0.2, 0) is 5.41 Å². The summed E-state index contributed by atoms with van der Waals surface area (Å²) >= 11 is 0. The smallest absolute Gasteiger partial charge is 0.0636 e. The number of aliphatic hydroxyl groups is 1. The van der Waals surface area contributed by atoms with Crippen LogP contribution in [0, 0.1) is 0 Å². The highest BCUT2D eigenvalue weighted by Crippen LogP contribution is 2.47. The van der Waals surface area contributed by atoms with E-state index in [2.05, 4.69) is 31.2 Å². The van der Waals surface area contributed by atoms with Gasteiger partial charge in [0.15, 0.2) is 0 Å². The van der Waals surface area contributed by atoms with Gasteiger partial charge in [-0.15, -0.1) is 0 Å². The molecular formula is C14H20O. The largest absolute Gasteiger partial charge is 0.392 e. The molecule has 0 aromatic heterocycles. The van der Waals surface area contributed by atoms with Crippen molar-refractivity contribution in [2.75, 3.05) is 0 Å².